The molecule has 2 aromatic rings. The second-order valence-corrected chi connectivity index (χ2v) is 7.17. The summed E-state index contributed by atoms with van der Waals surface area (Å²) in [6.45, 7) is 4.83. The van der Waals surface area contributed by atoms with Crippen LogP contribution in [0, 0.1) is 12.8 Å². The Hall–Kier alpha value is -2.79. The van der Waals surface area contributed by atoms with Crippen LogP contribution in [0.4, 0.5) is 17.1 Å². The van der Waals surface area contributed by atoms with Gasteiger partial charge in [-0.2, -0.15) is 0 Å². The molecule has 0 radical (unpaired) electrons. The Morgan fingerprint density at radius 1 is 1.19 bits per heavy atom. The fourth-order valence-corrected chi connectivity index (χ4v) is 3.59. The predicted octanol–water partition coefficient (Wildman–Crippen LogP) is 4.24. The van der Waals surface area contributed by atoms with Gasteiger partial charge >= 0.3 is 0 Å². The van der Waals surface area contributed by atoms with Gasteiger partial charge in [0.05, 0.1) is 5.57 Å². The molecule has 2 aliphatic rings. The number of aryl methyl sites for hydroxylation is 1. The molecule has 5 nitrogen and oxygen atoms in total. The molecule has 3 N–H and O–H groups in total. The smallest absolute Gasteiger partial charge is 0.257 e. The van der Waals surface area contributed by atoms with Gasteiger partial charge < -0.3 is 20.7 Å². The molecule has 0 aliphatic carbocycles. The first-order valence-electron chi connectivity index (χ1n) is 9.50. The van der Waals surface area contributed by atoms with Gasteiger partial charge in [-0.15, -0.1) is 0 Å². The molecule has 2 heterocycles. The maximum absolute atomic E-state index is 12.2. The highest BCUT2D eigenvalue weighted by molar-refractivity contribution is 6.31. The minimum absolute atomic E-state index is 0.0739. The fraction of sp³-hybridized carbons (Fsp3) is 0.318. The Morgan fingerprint density at radius 3 is 2.81 bits per heavy atom. The monoisotopic (exact) mass is 363 g/mol. The number of amides is 1. The first-order valence-corrected chi connectivity index (χ1v) is 9.50. The van der Waals surface area contributed by atoms with E-state index in [1.807, 2.05) is 30.3 Å². The van der Waals surface area contributed by atoms with E-state index in [0.29, 0.717) is 11.5 Å². The van der Waals surface area contributed by atoms with Crippen LogP contribution in [0.3, 0.4) is 0 Å². The summed E-state index contributed by atoms with van der Waals surface area (Å²) in [4.78, 5) is 12.2. The molecule has 0 saturated carbocycles. The lowest BCUT2D eigenvalue weighted by molar-refractivity contribution is -0.110. The molecule has 2 aromatic carbocycles. The number of hydrogen-bond donors (Lipinski definition) is 3. The standard InChI is InChI=1S/C22H25N3O2/c1-15-12-17(6-7-20(15)24-13-16-8-10-27-11-9-16)23-14-19-18-4-2-3-5-21(18)25-22(19)26/h2-7,12,14,16,23-24H,8-11,13H2,1H3,(H,25,26). The average molecular weight is 363 g/mol. The van der Waals surface area contributed by atoms with Crippen LogP contribution in [0.15, 0.2) is 48.7 Å². The molecule has 4 rings (SSSR count). The van der Waals surface area contributed by atoms with Crippen LogP contribution in [-0.4, -0.2) is 25.7 Å². The van der Waals surface area contributed by atoms with Crippen LogP contribution in [0.2, 0.25) is 0 Å². The van der Waals surface area contributed by atoms with Gasteiger partial charge in [0.15, 0.2) is 0 Å². The number of nitrogens with one attached hydrogen (secondary N) is 3. The number of ether oxygens (including phenoxy) is 1. The van der Waals surface area contributed by atoms with Gasteiger partial charge in [-0.05, 0) is 55.5 Å². The van der Waals surface area contributed by atoms with E-state index in [0.717, 1.165) is 55.2 Å². The number of hydrogen-bond acceptors (Lipinski definition) is 4. The summed E-state index contributed by atoms with van der Waals surface area (Å²) in [5.41, 5.74) is 5.75. The third-order valence-electron chi connectivity index (χ3n) is 5.24. The van der Waals surface area contributed by atoms with E-state index in [9.17, 15) is 4.79 Å². The van der Waals surface area contributed by atoms with E-state index >= 15 is 0 Å². The first kappa shape index (κ1) is 17.6. The molecule has 0 unspecified atom stereocenters. The van der Waals surface area contributed by atoms with Gasteiger partial charge in [-0.1, -0.05) is 18.2 Å². The molecule has 0 spiro atoms. The average Bonchev–Trinajstić information content (AvgIpc) is 3.01. The minimum atomic E-state index is -0.0739. The van der Waals surface area contributed by atoms with E-state index in [-0.39, 0.29) is 5.91 Å². The van der Waals surface area contributed by atoms with Gasteiger partial charge in [0, 0.05) is 48.6 Å². The van der Waals surface area contributed by atoms with E-state index in [1.54, 1.807) is 6.20 Å². The Balaban J connectivity index is 1.41. The van der Waals surface area contributed by atoms with Crippen LogP contribution >= 0.6 is 0 Å². The van der Waals surface area contributed by atoms with Crippen LogP contribution in [0.1, 0.15) is 24.0 Å². The van der Waals surface area contributed by atoms with E-state index in [4.69, 9.17) is 4.74 Å². The van der Waals surface area contributed by atoms with Crippen molar-refractivity contribution in [2.75, 3.05) is 35.7 Å². The maximum atomic E-state index is 12.2. The highest BCUT2D eigenvalue weighted by Gasteiger charge is 2.23. The van der Waals surface area contributed by atoms with Crippen molar-refractivity contribution < 1.29 is 9.53 Å². The second-order valence-electron chi connectivity index (χ2n) is 7.17. The molecule has 0 atom stereocenters. The normalized spacial score (nSPS) is 18.3. The minimum Gasteiger partial charge on any atom is -0.385 e. The van der Waals surface area contributed by atoms with E-state index in [2.05, 4.69) is 35.0 Å². The Labute approximate surface area is 159 Å². The summed E-state index contributed by atoms with van der Waals surface area (Å²) in [6.07, 6.45) is 4.04. The molecule has 1 saturated heterocycles. The van der Waals surface area contributed by atoms with E-state index in [1.165, 1.54) is 5.56 Å². The first-order chi connectivity index (χ1) is 13.2. The van der Waals surface area contributed by atoms with Crippen LogP contribution < -0.4 is 16.0 Å². The largest absolute Gasteiger partial charge is 0.385 e. The lowest BCUT2D eigenvalue weighted by Gasteiger charge is -2.23. The van der Waals surface area contributed by atoms with Crippen molar-refractivity contribution in [2.24, 2.45) is 5.92 Å². The predicted molar refractivity (Wildman–Crippen MR) is 110 cm³/mol. The van der Waals surface area contributed by atoms with Gasteiger partial charge in [0.2, 0.25) is 0 Å². The van der Waals surface area contributed by atoms with Gasteiger partial charge in [-0.3, -0.25) is 4.79 Å². The summed E-state index contributed by atoms with van der Waals surface area (Å²) in [5.74, 6) is 0.608. The zero-order valence-electron chi connectivity index (χ0n) is 15.5. The topological polar surface area (TPSA) is 62.4 Å². The number of benzene rings is 2. The summed E-state index contributed by atoms with van der Waals surface area (Å²) in [5, 5.41) is 9.71. The van der Waals surface area contributed by atoms with Gasteiger partial charge in [0.25, 0.3) is 5.91 Å². The summed E-state index contributed by atoms with van der Waals surface area (Å²) in [7, 11) is 0. The van der Waals surface area contributed by atoms with Crippen LogP contribution in [0.5, 0.6) is 0 Å². The molecule has 0 aromatic heterocycles. The van der Waals surface area contributed by atoms with E-state index < -0.39 is 0 Å². The van der Waals surface area contributed by atoms with Crippen molar-refractivity contribution in [3.05, 3.63) is 59.8 Å². The number of fused-ring (bicyclic) bond motifs is 1. The number of rotatable bonds is 5. The lowest BCUT2D eigenvalue weighted by atomic mass is 10.00. The highest BCUT2D eigenvalue weighted by Crippen LogP contribution is 2.31. The molecule has 2 aliphatic heterocycles. The fourth-order valence-electron chi connectivity index (χ4n) is 3.59. The van der Waals surface area contributed by atoms with Crippen molar-refractivity contribution >= 4 is 28.5 Å². The summed E-state index contributed by atoms with van der Waals surface area (Å²) in [6, 6.07) is 14.0. The highest BCUT2D eigenvalue weighted by atomic mass is 16.5. The molecular weight excluding hydrogens is 338 g/mol. The third kappa shape index (κ3) is 3.98. The molecule has 27 heavy (non-hydrogen) atoms. The molecule has 0 bridgehead atoms. The van der Waals surface area contributed by atoms with Crippen molar-refractivity contribution in [3.8, 4) is 0 Å². The van der Waals surface area contributed by atoms with Gasteiger partial charge in [-0.25, -0.2) is 0 Å². The zero-order valence-corrected chi connectivity index (χ0v) is 15.5. The number of carbonyl (C=O) groups is 1. The van der Waals surface area contributed by atoms with Crippen LogP contribution in [0.25, 0.3) is 5.57 Å². The Bertz CT molecular complexity index is 870. The number of carbonyl (C=O) groups excluding carboxylic acids is 1. The molecular formula is C22H25N3O2. The summed E-state index contributed by atoms with van der Waals surface area (Å²) >= 11 is 0. The molecule has 5 heteroatoms. The summed E-state index contributed by atoms with van der Waals surface area (Å²) < 4.78 is 5.42. The van der Waals surface area contributed by atoms with Crippen LogP contribution in [-0.2, 0) is 9.53 Å². The quantitative estimate of drug-likeness (QED) is 0.696. The molecule has 1 fully saturated rings. The van der Waals surface area contributed by atoms with Gasteiger partial charge in [0.1, 0.15) is 0 Å². The maximum Gasteiger partial charge on any atom is 0.257 e. The van der Waals surface area contributed by atoms with Crippen molar-refractivity contribution in [3.63, 3.8) is 0 Å². The Kier molecular flexibility index (Phi) is 5.12. The van der Waals surface area contributed by atoms with Crippen molar-refractivity contribution in [1.29, 1.82) is 0 Å². The molecule has 140 valence electrons. The lowest BCUT2D eigenvalue weighted by Crippen LogP contribution is -2.22. The Morgan fingerprint density at radius 2 is 2.00 bits per heavy atom. The second kappa shape index (κ2) is 7.84. The SMILES string of the molecule is Cc1cc(NC=C2C(=O)Nc3ccccc32)ccc1NCC1CCOCC1. The van der Waals surface area contributed by atoms with Crippen molar-refractivity contribution in [2.45, 2.75) is 19.8 Å². The van der Waals surface area contributed by atoms with Crippen molar-refractivity contribution in [1.82, 2.24) is 0 Å². The number of anilines is 3. The number of para-hydroxylation sites is 1. The third-order valence-corrected chi connectivity index (χ3v) is 5.24. The molecule has 1 amide bonds. The zero-order chi connectivity index (χ0) is 18.6.